The lowest BCUT2D eigenvalue weighted by Gasteiger charge is -2.42. The number of nitrogens with one attached hydrogen (secondary N) is 1. The van der Waals surface area contributed by atoms with Crippen molar-refractivity contribution in [2.75, 3.05) is 14.2 Å². The molecule has 1 saturated carbocycles. The smallest absolute Gasteiger partial charge is 0.119 e. The van der Waals surface area contributed by atoms with Crippen molar-refractivity contribution in [2.45, 2.75) is 37.3 Å². The topological polar surface area (TPSA) is 56.5 Å². The van der Waals surface area contributed by atoms with Crippen LogP contribution in [0.15, 0.2) is 24.3 Å². The van der Waals surface area contributed by atoms with Gasteiger partial charge in [0.05, 0.1) is 12.7 Å². The minimum absolute atomic E-state index is 0.000112. The van der Waals surface area contributed by atoms with Crippen LogP contribution in [0.4, 0.5) is 0 Å². The molecule has 4 heteroatoms. The van der Waals surface area contributed by atoms with E-state index in [1.54, 1.807) is 14.2 Å². The van der Waals surface area contributed by atoms with Gasteiger partial charge in [0.25, 0.3) is 0 Å². The fraction of sp³-hybridized carbons (Fsp3) is 0.571. The molecule has 4 nitrogen and oxygen atoms in total. The summed E-state index contributed by atoms with van der Waals surface area (Å²) in [5, 5.41) is 0. The number of hydrogen-bond donors (Lipinski definition) is 2. The fourth-order valence-electron chi connectivity index (χ4n) is 2.57. The Morgan fingerprint density at radius 2 is 2.17 bits per heavy atom. The lowest BCUT2D eigenvalue weighted by atomic mass is 9.75. The number of ether oxygens (including phenoxy) is 2. The molecule has 2 rings (SSSR count). The maximum Gasteiger partial charge on any atom is 0.119 e. The fourth-order valence-corrected chi connectivity index (χ4v) is 2.57. The lowest BCUT2D eigenvalue weighted by Crippen LogP contribution is -2.44. The maximum atomic E-state index is 5.69. The van der Waals surface area contributed by atoms with Crippen LogP contribution in [-0.2, 0) is 4.74 Å². The second kappa shape index (κ2) is 5.69. The molecule has 1 atom stereocenters. The van der Waals surface area contributed by atoms with Gasteiger partial charge in [-0.3, -0.25) is 11.3 Å². The summed E-state index contributed by atoms with van der Waals surface area (Å²) in [4.78, 5) is 0. The van der Waals surface area contributed by atoms with E-state index in [4.69, 9.17) is 15.3 Å². The summed E-state index contributed by atoms with van der Waals surface area (Å²) in [5.41, 5.74) is 4.03. The largest absolute Gasteiger partial charge is 0.497 e. The molecule has 1 aromatic carbocycles. The molecule has 0 spiro atoms. The van der Waals surface area contributed by atoms with Crippen LogP contribution in [0.1, 0.15) is 37.3 Å². The van der Waals surface area contributed by atoms with Gasteiger partial charge in [-0.2, -0.15) is 0 Å². The lowest BCUT2D eigenvalue weighted by molar-refractivity contribution is -0.0838. The van der Waals surface area contributed by atoms with E-state index in [0.717, 1.165) is 30.6 Å². The Kier molecular flexibility index (Phi) is 4.22. The average molecular weight is 250 g/mol. The molecule has 1 aliphatic carbocycles. The predicted octanol–water partition coefficient (Wildman–Crippen LogP) is 2.16. The first-order valence-corrected chi connectivity index (χ1v) is 6.38. The van der Waals surface area contributed by atoms with E-state index in [1.165, 1.54) is 6.42 Å². The van der Waals surface area contributed by atoms with E-state index in [0.29, 0.717) is 0 Å². The molecule has 100 valence electrons. The minimum atomic E-state index is 0.000112. The Bertz CT molecular complexity index is 386. The molecule has 1 aromatic rings. The Labute approximate surface area is 108 Å². The van der Waals surface area contributed by atoms with Crippen molar-refractivity contribution in [3.63, 3.8) is 0 Å². The summed E-state index contributed by atoms with van der Waals surface area (Å²) < 4.78 is 10.9. The van der Waals surface area contributed by atoms with Gasteiger partial charge in [0.2, 0.25) is 0 Å². The molecule has 0 bridgehead atoms. The van der Waals surface area contributed by atoms with Crippen LogP contribution in [0.5, 0.6) is 5.75 Å². The van der Waals surface area contributed by atoms with Crippen LogP contribution >= 0.6 is 0 Å². The van der Waals surface area contributed by atoms with E-state index in [2.05, 4.69) is 11.5 Å². The van der Waals surface area contributed by atoms with Gasteiger partial charge in [-0.05, 0) is 43.4 Å². The Morgan fingerprint density at radius 1 is 1.39 bits per heavy atom. The SMILES string of the molecule is COc1cccc(C(CC2(OC)CCC2)NN)c1. The first-order chi connectivity index (χ1) is 8.73. The highest BCUT2D eigenvalue weighted by molar-refractivity contribution is 5.30. The molecule has 0 heterocycles. The standard InChI is InChI=1S/C14H22N2O2/c1-17-12-6-3-5-11(9-12)13(16-15)10-14(18-2)7-4-8-14/h3,5-6,9,13,16H,4,7-8,10,15H2,1-2H3. The van der Waals surface area contributed by atoms with Crippen molar-refractivity contribution in [1.29, 1.82) is 0 Å². The molecule has 0 aromatic heterocycles. The van der Waals surface area contributed by atoms with Crippen molar-refractivity contribution in [2.24, 2.45) is 5.84 Å². The van der Waals surface area contributed by atoms with Crippen LogP contribution in [0.2, 0.25) is 0 Å². The van der Waals surface area contributed by atoms with Crippen LogP contribution < -0.4 is 16.0 Å². The van der Waals surface area contributed by atoms with E-state index < -0.39 is 0 Å². The van der Waals surface area contributed by atoms with E-state index in [1.807, 2.05) is 18.2 Å². The molecule has 18 heavy (non-hydrogen) atoms. The molecule has 3 N–H and O–H groups in total. The first kappa shape index (κ1) is 13.3. The first-order valence-electron chi connectivity index (χ1n) is 6.38. The van der Waals surface area contributed by atoms with Gasteiger partial charge in [-0.15, -0.1) is 0 Å². The molecular formula is C14H22N2O2. The summed E-state index contributed by atoms with van der Waals surface area (Å²) in [5.74, 6) is 6.55. The highest BCUT2D eigenvalue weighted by atomic mass is 16.5. The molecule has 1 aliphatic rings. The number of hydrogen-bond acceptors (Lipinski definition) is 4. The predicted molar refractivity (Wildman–Crippen MR) is 71.3 cm³/mol. The van der Waals surface area contributed by atoms with E-state index in [9.17, 15) is 0 Å². The van der Waals surface area contributed by atoms with Gasteiger partial charge < -0.3 is 9.47 Å². The molecule has 0 aliphatic heterocycles. The Morgan fingerprint density at radius 3 is 2.67 bits per heavy atom. The molecular weight excluding hydrogens is 228 g/mol. The number of nitrogens with two attached hydrogens (primary N) is 1. The Hall–Kier alpha value is -1.10. The summed E-state index contributed by atoms with van der Waals surface area (Å²) in [6.45, 7) is 0. The molecule has 0 amide bonds. The number of benzene rings is 1. The zero-order chi connectivity index (χ0) is 13.0. The van der Waals surface area contributed by atoms with Gasteiger partial charge >= 0.3 is 0 Å². The van der Waals surface area contributed by atoms with E-state index in [-0.39, 0.29) is 11.6 Å². The van der Waals surface area contributed by atoms with Crippen molar-refractivity contribution >= 4 is 0 Å². The average Bonchev–Trinajstić information content (AvgIpc) is 2.38. The van der Waals surface area contributed by atoms with Crippen LogP contribution in [0.3, 0.4) is 0 Å². The van der Waals surface area contributed by atoms with Crippen molar-refractivity contribution in [3.05, 3.63) is 29.8 Å². The molecule has 1 unspecified atom stereocenters. The minimum Gasteiger partial charge on any atom is -0.497 e. The zero-order valence-corrected chi connectivity index (χ0v) is 11.1. The number of hydrazine groups is 1. The summed E-state index contributed by atoms with van der Waals surface area (Å²) in [6.07, 6.45) is 4.37. The van der Waals surface area contributed by atoms with Crippen LogP contribution in [-0.4, -0.2) is 19.8 Å². The van der Waals surface area contributed by atoms with Gasteiger partial charge in [-0.25, -0.2) is 0 Å². The molecule has 0 radical (unpaired) electrons. The second-order valence-electron chi connectivity index (χ2n) is 4.94. The third-order valence-corrected chi connectivity index (χ3v) is 3.97. The highest BCUT2D eigenvalue weighted by Crippen LogP contribution is 2.41. The second-order valence-corrected chi connectivity index (χ2v) is 4.94. The summed E-state index contributed by atoms with van der Waals surface area (Å²) >= 11 is 0. The molecule has 1 fully saturated rings. The molecule has 0 saturated heterocycles. The quantitative estimate of drug-likeness (QED) is 0.600. The van der Waals surface area contributed by atoms with Crippen LogP contribution in [0, 0.1) is 0 Å². The number of methoxy groups -OCH3 is 2. The van der Waals surface area contributed by atoms with Crippen molar-refractivity contribution in [3.8, 4) is 5.75 Å². The maximum absolute atomic E-state index is 5.69. The summed E-state index contributed by atoms with van der Waals surface area (Å²) in [7, 11) is 3.46. The van der Waals surface area contributed by atoms with Crippen LogP contribution in [0.25, 0.3) is 0 Å². The third-order valence-electron chi connectivity index (χ3n) is 3.97. The van der Waals surface area contributed by atoms with Crippen molar-refractivity contribution < 1.29 is 9.47 Å². The summed E-state index contributed by atoms with van der Waals surface area (Å²) in [6, 6.07) is 8.10. The van der Waals surface area contributed by atoms with Gasteiger partial charge in [0.15, 0.2) is 0 Å². The number of rotatable bonds is 6. The third kappa shape index (κ3) is 2.66. The normalized spacial score (nSPS) is 19.1. The van der Waals surface area contributed by atoms with Gasteiger partial charge in [-0.1, -0.05) is 12.1 Å². The zero-order valence-electron chi connectivity index (χ0n) is 11.1. The monoisotopic (exact) mass is 250 g/mol. The van der Waals surface area contributed by atoms with Crippen molar-refractivity contribution in [1.82, 2.24) is 5.43 Å². The highest BCUT2D eigenvalue weighted by Gasteiger charge is 2.39. The van der Waals surface area contributed by atoms with Gasteiger partial charge in [0.1, 0.15) is 5.75 Å². The van der Waals surface area contributed by atoms with Gasteiger partial charge in [0, 0.05) is 13.2 Å². The van der Waals surface area contributed by atoms with E-state index >= 15 is 0 Å². The Balaban J connectivity index is 2.12.